The number of halogens is 2. The zero-order valence-corrected chi connectivity index (χ0v) is 24.5. The summed E-state index contributed by atoms with van der Waals surface area (Å²) in [6.45, 7) is 3.82. The second kappa shape index (κ2) is 14.3. The van der Waals surface area contributed by atoms with E-state index in [1.165, 1.54) is 15.3 Å². The Hall–Kier alpha value is -3.43. The van der Waals surface area contributed by atoms with Gasteiger partial charge in [-0.05, 0) is 49.6 Å². The maximum atomic E-state index is 14.7. The van der Waals surface area contributed by atoms with Crippen LogP contribution in [0.3, 0.4) is 0 Å². The zero-order chi connectivity index (χ0) is 29.3. The van der Waals surface area contributed by atoms with Gasteiger partial charge in [0.05, 0.1) is 11.9 Å². The number of hydrogen-bond acceptors (Lipinski definition) is 4. The Balaban J connectivity index is 1.89. The molecule has 1 atom stereocenters. The molecule has 40 heavy (non-hydrogen) atoms. The zero-order valence-electron chi connectivity index (χ0n) is 22.9. The topological polar surface area (TPSA) is 86.8 Å². The van der Waals surface area contributed by atoms with Gasteiger partial charge in [-0.2, -0.15) is 0 Å². The van der Waals surface area contributed by atoms with Gasteiger partial charge in [0.25, 0.3) is 0 Å². The number of amides is 2. The van der Waals surface area contributed by atoms with Gasteiger partial charge in [0.1, 0.15) is 11.9 Å². The van der Waals surface area contributed by atoms with Gasteiger partial charge in [-0.1, -0.05) is 66.2 Å². The van der Waals surface area contributed by atoms with Crippen LogP contribution in [0.15, 0.2) is 72.8 Å². The minimum absolute atomic E-state index is 0.0315. The summed E-state index contributed by atoms with van der Waals surface area (Å²) in [4.78, 5) is 28.4. The first kappa shape index (κ1) is 31.1. The number of anilines is 1. The highest BCUT2D eigenvalue weighted by Crippen LogP contribution is 2.28. The highest BCUT2D eigenvalue weighted by Gasteiger charge is 2.31. The van der Waals surface area contributed by atoms with Crippen LogP contribution in [-0.4, -0.2) is 50.5 Å². The first-order valence-electron chi connectivity index (χ1n) is 13.1. The quantitative estimate of drug-likeness (QED) is 0.301. The SMILES string of the molecule is CCNC(=O)[C@@H](Cc1ccccc1)N(Cc1ccccc1F)C(=O)CCCN(c1cccc(Cl)c1C)S(C)(=O)=O. The van der Waals surface area contributed by atoms with E-state index in [1.807, 2.05) is 30.3 Å². The van der Waals surface area contributed by atoms with Crippen molar-refractivity contribution in [2.24, 2.45) is 0 Å². The molecule has 0 aliphatic rings. The van der Waals surface area contributed by atoms with Crippen molar-refractivity contribution in [1.82, 2.24) is 10.2 Å². The molecule has 0 saturated heterocycles. The van der Waals surface area contributed by atoms with E-state index in [1.54, 1.807) is 50.2 Å². The Morgan fingerprint density at radius 3 is 2.33 bits per heavy atom. The molecule has 0 aliphatic heterocycles. The largest absolute Gasteiger partial charge is 0.355 e. The monoisotopic (exact) mass is 587 g/mol. The van der Waals surface area contributed by atoms with E-state index in [9.17, 15) is 22.4 Å². The van der Waals surface area contributed by atoms with Crippen molar-refractivity contribution in [2.75, 3.05) is 23.7 Å². The van der Waals surface area contributed by atoms with Crippen molar-refractivity contribution >= 4 is 39.1 Å². The highest BCUT2D eigenvalue weighted by atomic mass is 35.5. The van der Waals surface area contributed by atoms with Gasteiger partial charge in [-0.15, -0.1) is 0 Å². The number of benzene rings is 3. The Kier molecular flexibility index (Phi) is 11.1. The standard InChI is InChI=1S/C30H35ClFN3O4S/c1-4-33-30(37)28(20-23-12-6-5-7-13-23)34(21-24-14-8-9-16-26(24)32)29(36)18-11-19-35(40(3,38)39)27-17-10-15-25(31)22(27)2/h5-10,12-17,28H,4,11,18-21H2,1-3H3,(H,33,37)/t28-/m1/s1. The van der Waals surface area contributed by atoms with Crippen LogP contribution in [0.2, 0.25) is 5.02 Å². The molecule has 0 saturated carbocycles. The number of nitrogens with one attached hydrogen (secondary N) is 1. The van der Waals surface area contributed by atoms with Gasteiger partial charge < -0.3 is 10.2 Å². The number of carbonyl (C=O) groups excluding carboxylic acids is 2. The summed E-state index contributed by atoms with van der Waals surface area (Å²) in [6.07, 6.45) is 1.47. The molecule has 3 aromatic carbocycles. The van der Waals surface area contributed by atoms with E-state index in [2.05, 4.69) is 5.32 Å². The number of carbonyl (C=O) groups is 2. The Morgan fingerprint density at radius 1 is 1.00 bits per heavy atom. The fourth-order valence-corrected chi connectivity index (χ4v) is 5.69. The van der Waals surface area contributed by atoms with E-state index in [-0.39, 0.29) is 49.7 Å². The van der Waals surface area contributed by atoms with Crippen LogP contribution in [-0.2, 0) is 32.6 Å². The molecule has 10 heteroatoms. The normalized spacial score (nSPS) is 12.0. The van der Waals surface area contributed by atoms with Gasteiger partial charge in [0.2, 0.25) is 21.8 Å². The second-order valence-electron chi connectivity index (χ2n) is 9.54. The summed E-state index contributed by atoms with van der Waals surface area (Å²) in [7, 11) is -3.67. The summed E-state index contributed by atoms with van der Waals surface area (Å²) in [5.41, 5.74) is 2.19. The van der Waals surface area contributed by atoms with Gasteiger partial charge >= 0.3 is 0 Å². The van der Waals surface area contributed by atoms with Crippen molar-refractivity contribution in [3.8, 4) is 0 Å². The lowest BCUT2D eigenvalue weighted by atomic mass is 10.0. The lowest BCUT2D eigenvalue weighted by molar-refractivity contribution is -0.141. The van der Waals surface area contributed by atoms with Crippen molar-refractivity contribution in [3.05, 3.63) is 100 Å². The summed E-state index contributed by atoms with van der Waals surface area (Å²) < 4.78 is 41.2. The third-order valence-corrected chi connectivity index (χ3v) is 8.17. The molecule has 2 amide bonds. The fourth-order valence-electron chi connectivity index (χ4n) is 4.50. The highest BCUT2D eigenvalue weighted by molar-refractivity contribution is 7.92. The molecule has 214 valence electrons. The Morgan fingerprint density at radius 2 is 1.68 bits per heavy atom. The lowest BCUT2D eigenvalue weighted by Crippen LogP contribution is -2.50. The van der Waals surface area contributed by atoms with E-state index in [0.717, 1.165) is 11.8 Å². The first-order valence-corrected chi connectivity index (χ1v) is 15.3. The maximum Gasteiger partial charge on any atom is 0.243 e. The summed E-state index contributed by atoms with van der Waals surface area (Å²) >= 11 is 6.23. The molecule has 3 rings (SSSR count). The van der Waals surface area contributed by atoms with Crippen LogP contribution in [0.4, 0.5) is 10.1 Å². The molecule has 0 aromatic heterocycles. The van der Waals surface area contributed by atoms with E-state index < -0.39 is 21.9 Å². The van der Waals surface area contributed by atoms with E-state index in [4.69, 9.17) is 11.6 Å². The van der Waals surface area contributed by atoms with Crippen molar-refractivity contribution < 1.29 is 22.4 Å². The number of hydrogen-bond donors (Lipinski definition) is 1. The van der Waals surface area contributed by atoms with Crippen LogP contribution < -0.4 is 9.62 Å². The van der Waals surface area contributed by atoms with Gasteiger partial charge in [0.15, 0.2) is 0 Å². The van der Waals surface area contributed by atoms with Gasteiger partial charge in [-0.3, -0.25) is 13.9 Å². The van der Waals surface area contributed by atoms with Gasteiger partial charge in [-0.25, -0.2) is 12.8 Å². The van der Waals surface area contributed by atoms with E-state index in [0.29, 0.717) is 22.8 Å². The van der Waals surface area contributed by atoms with Crippen molar-refractivity contribution in [1.29, 1.82) is 0 Å². The van der Waals surface area contributed by atoms with Crippen LogP contribution in [0.25, 0.3) is 0 Å². The molecular weight excluding hydrogens is 553 g/mol. The number of sulfonamides is 1. The molecule has 0 heterocycles. The predicted molar refractivity (Wildman–Crippen MR) is 157 cm³/mol. The Bertz CT molecular complexity index is 1420. The third kappa shape index (κ3) is 8.29. The molecule has 3 aromatic rings. The molecule has 0 aliphatic carbocycles. The Labute approximate surface area is 241 Å². The summed E-state index contributed by atoms with van der Waals surface area (Å²) in [6, 6.07) is 19.6. The second-order valence-corrected chi connectivity index (χ2v) is 11.8. The minimum Gasteiger partial charge on any atom is -0.355 e. The predicted octanol–water partition coefficient (Wildman–Crippen LogP) is 5.11. The smallest absolute Gasteiger partial charge is 0.243 e. The fraction of sp³-hybridized carbons (Fsp3) is 0.333. The molecule has 7 nitrogen and oxygen atoms in total. The van der Waals surface area contributed by atoms with E-state index >= 15 is 0 Å². The molecule has 0 fully saturated rings. The number of likely N-dealkylation sites (N-methyl/N-ethyl adjacent to an activating group) is 1. The van der Waals surface area contributed by atoms with Crippen LogP contribution in [0.1, 0.15) is 36.5 Å². The number of nitrogens with zero attached hydrogens (tertiary/aromatic N) is 2. The molecule has 1 N–H and O–H groups in total. The number of rotatable bonds is 13. The first-order chi connectivity index (χ1) is 19.0. The van der Waals surface area contributed by atoms with Crippen LogP contribution >= 0.6 is 11.6 Å². The third-order valence-electron chi connectivity index (χ3n) is 6.58. The van der Waals surface area contributed by atoms with Crippen LogP contribution in [0, 0.1) is 12.7 Å². The average molecular weight is 588 g/mol. The summed E-state index contributed by atoms with van der Waals surface area (Å²) in [5, 5.41) is 3.24. The molecule has 0 unspecified atom stereocenters. The molecular formula is C30H35ClFN3O4S. The lowest BCUT2D eigenvalue weighted by Gasteiger charge is -2.32. The average Bonchev–Trinajstić information content (AvgIpc) is 2.91. The summed E-state index contributed by atoms with van der Waals surface area (Å²) in [5.74, 6) is -1.20. The molecule has 0 bridgehead atoms. The van der Waals surface area contributed by atoms with Crippen molar-refractivity contribution in [3.63, 3.8) is 0 Å². The van der Waals surface area contributed by atoms with Crippen molar-refractivity contribution in [2.45, 2.75) is 45.7 Å². The minimum atomic E-state index is -3.67. The van der Waals surface area contributed by atoms with Gasteiger partial charge in [0, 0.05) is 43.1 Å². The molecule has 0 spiro atoms. The molecule has 0 radical (unpaired) electrons. The maximum absolute atomic E-state index is 14.7. The van der Waals surface area contributed by atoms with Crippen LogP contribution in [0.5, 0.6) is 0 Å².